The van der Waals surface area contributed by atoms with Gasteiger partial charge >= 0.3 is 5.97 Å². The summed E-state index contributed by atoms with van der Waals surface area (Å²) in [6.07, 6.45) is 0. The Labute approximate surface area is 85.6 Å². The van der Waals surface area contributed by atoms with Gasteiger partial charge in [-0.3, -0.25) is 0 Å². The molecule has 0 unspecified atom stereocenters. The Balaban J connectivity index is 2.65. The van der Waals surface area contributed by atoms with E-state index in [1.807, 2.05) is 0 Å². The van der Waals surface area contributed by atoms with Gasteiger partial charge in [-0.1, -0.05) is 0 Å². The summed E-state index contributed by atoms with van der Waals surface area (Å²) >= 11 is 0. The number of halogens is 2. The molecule has 5 heteroatoms. The van der Waals surface area contributed by atoms with Crippen LogP contribution < -0.4 is 0 Å². The van der Waals surface area contributed by atoms with Crippen LogP contribution in [-0.4, -0.2) is 26.3 Å². The van der Waals surface area contributed by atoms with Gasteiger partial charge in [-0.05, 0) is 12.1 Å². The summed E-state index contributed by atoms with van der Waals surface area (Å²) in [4.78, 5) is 11.2. The fourth-order valence-corrected chi connectivity index (χ4v) is 0.950. The van der Waals surface area contributed by atoms with Gasteiger partial charge in [0.15, 0.2) is 0 Å². The van der Waals surface area contributed by atoms with E-state index in [0.29, 0.717) is 6.07 Å². The van der Waals surface area contributed by atoms with Gasteiger partial charge in [0.05, 0.1) is 12.2 Å². The number of benzene rings is 1. The van der Waals surface area contributed by atoms with Gasteiger partial charge in [0, 0.05) is 13.2 Å². The first kappa shape index (κ1) is 11.6. The fourth-order valence-electron chi connectivity index (χ4n) is 0.950. The normalized spacial score (nSPS) is 10.1. The average Bonchev–Trinajstić information content (AvgIpc) is 2.17. The lowest BCUT2D eigenvalue weighted by molar-refractivity contribution is 0.0383. The van der Waals surface area contributed by atoms with Gasteiger partial charge in [0.2, 0.25) is 0 Å². The van der Waals surface area contributed by atoms with Gasteiger partial charge < -0.3 is 9.47 Å². The van der Waals surface area contributed by atoms with E-state index in [0.717, 1.165) is 12.1 Å². The Morgan fingerprint density at radius 1 is 1.33 bits per heavy atom. The van der Waals surface area contributed by atoms with Crippen molar-refractivity contribution >= 4 is 5.97 Å². The van der Waals surface area contributed by atoms with Gasteiger partial charge in [-0.2, -0.15) is 0 Å². The van der Waals surface area contributed by atoms with E-state index in [1.165, 1.54) is 7.11 Å². The lowest BCUT2D eigenvalue weighted by atomic mass is 10.2. The third kappa shape index (κ3) is 3.28. The second-order valence-electron chi connectivity index (χ2n) is 2.75. The van der Waals surface area contributed by atoms with Crippen molar-refractivity contribution in [1.82, 2.24) is 0 Å². The number of carbonyl (C=O) groups excluding carboxylic acids is 1. The molecular formula is C10H10F2O3. The number of hydrogen-bond donors (Lipinski definition) is 0. The van der Waals surface area contributed by atoms with E-state index in [-0.39, 0.29) is 18.8 Å². The molecule has 15 heavy (non-hydrogen) atoms. The molecule has 1 rings (SSSR count). The van der Waals surface area contributed by atoms with E-state index >= 15 is 0 Å². The van der Waals surface area contributed by atoms with Crippen molar-refractivity contribution in [1.29, 1.82) is 0 Å². The highest BCUT2D eigenvalue weighted by molar-refractivity contribution is 5.89. The van der Waals surface area contributed by atoms with E-state index in [2.05, 4.69) is 9.47 Å². The zero-order valence-corrected chi connectivity index (χ0v) is 8.13. The monoisotopic (exact) mass is 216 g/mol. The Bertz CT molecular complexity index is 353. The lowest BCUT2D eigenvalue weighted by Crippen LogP contribution is -2.11. The van der Waals surface area contributed by atoms with Crippen molar-refractivity contribution in [3.8, 4) is 0 Å². The van der Waals surface area contributed by atoms with Crippen molar-refractivity contribution in [2.45, 2.75) is 0 Å². The summed E-state index contributed by atoms with van der Waals surface area (Å²) in [5, 5.41) is 0. The maximum Gasteiger partial charge on any atom is 0.341 e. The molecule has 0 saturated carbocycles. The molecule has 0 N–H and O–H groups in total. The van der Waals surface area contributed by atoms with Crippen LogP contribution in [0.4, 0.5) is 8.78 Å². The maximum absolute atomic E-state index is 13.0. The quantitative estimate of drug-likeness (QED) is 0.568. The molecule has 3 nitrogen and oxygen atoms in total. The van der Waals surface area contributed by atoms with Crippen LogP contribution in [0.15, 0.2) is 18.2 Å². The molecule has 0 heterocycles. The third-order valence-electron chi connectivity index (χ3n) is 1.67. The largest absolute Gasteiger partial charge is 0.460 e. The number of hydrogen-bond acceptors (Lipinski definition) is 3. The van der Waals surface area contributed by atoms with Crippen LogP contribution in [-0.2, 0) is 9.47 Å². The summed E-state index contributed by atoms with van der Waals surface area (Å²) in [5.41, 5.74) is -0.285. The first-order valence-corrected chi connectivity index (χ1v) is 4.26. The highest BCUT2D eigenvalue weighted by Crippen LogP contribution is 2.10. The van der Waals surface area contributed by atoms with Crippen LogP contribution in [0.1, 0.15) is 10.4 Å². The number of esters is 1. The maximum atomic E-state index is 13.0. The van der Waals surface area contributed by atoms with E-state index in [1.54, 1.807) is 0 Å². The summed E-state index contributed by atoms with van der Waals surface area (Å²) < 4.78 is 34.9. The first-order chi connectivity index (χ1) is 7.15. The molecule has 82 valence electrons. The van der Waals surface area contributed by atoms with Crippen LogP contribution in [0.3, 0.4) is 0 Å². The van der Waals surface area contributed by atoms with Crippen molar-refractivity contribution in [2.75, 3.05) is 20.3 Å². The molecule has 0 aromatic heterocycles. The first-order valence-electron chi connectivity index (χ1n) is 4.26. The Hall–Kier alpha value is -1.49. The molecule has 0 radical (unpaired) electrons. The number of methoxy groups -OCH3 is 1. The Morgan fingerprint density at radius 3 is 2.67 bits per heavy atom. The predicted molar refractivity (Wildman–Crippen MR) is 48.5 cm³/mol. The minimum Gasteiger partial charge on any atom is -0.460 e. The lowest BCUT2D eigenvalue weighted by Gasteiger charge is -2.04. The minimum atomic E-state index is -0.933. The highest BCUT2D eigenvalue weighted by Gasteiger charge is 2.13. The smallest absolute Gasteiger partial charge is 0.341 e. The summed E-state index contributed by atoms with van der Waals surface area (Å²) in [6, 6.07) is 2.67. The fraction of sp³-hybridized carbons (Fsp3) is 0.300. The van der Waals surface area contributed by atoms with Crippen LogP contribution >= 0.6 is 0 Å². The van der Waals surface area contributed by atoms with Crippen LogP contribution in [0.25, 0.3) is 0 Å². The van der Waals surface area contributed by atoms with Crippen molar-refractivity contribution in [3.63, 3.8) is 0 Å². The molecule has 0 fully saturated rings. The molecule has 0 aliphatic carbocycles. The van der Waals surface area contributed by atoms with Crippen molar-refractivity contribution < 1.29 is 23.0 Å². The van der Waals surface area contributed by atoms with Gasteiger partial charge in [0.25, 0.3) is 0 Å². The van der Waals surface area contributed by atoms with E-state index in [4.69, 9.17) is 0 Å². The molecule has 0 spiro atoms. The number of ether oxygens (including phenoxy) is 2. The summed E-state index contributed by atoms with van der Waals surface area (Å²) in [6.45, 7) is 0.265. The highest BCUT2D eigenvalue weighted by atomic mass is 19.1. The van der Waals surface area contributed by atoms with Gasteiger partial charge in [-0.25, -0.2) is 13.6 Å². The zero-order valence-electron chi connectivity index (χ0n) is 8.13. The zero-order chi connectivity index (χ0) is 11.3. The standard InChI is InChI=1S/C10H10F2O3/c1-14-4-5-15-10(13)8-3-2-7(11)6-9(8)12/h2-3,6H,4-5H2,1H3. The van der Waals surface area contributed by atoms with E-state index in [9.17, 15) is 13.6 Å². The number of rotatable bonds is 4. The van der Waals surface area contributed by atoms with Crippen LogP contribution in [0, 0.1) is 11.6 Å². The van der Waals surface area contributed by atoms with Crippen molar-refractivity contribution in [2.24, 2.45) is 0 Å². The Morgan fingerprint density at radius 2 is 2.07 bits per heavy atom. The molecule has 0 aliphatic rings. The molecule has 0 aliphatic heterocycles. The molecule has 1 aromatic carbocycles. The predicted octanol–water partition coefficient (Wildman–Crippen LogP) is 1.77. The van der Waals surface area contributed by atoms with Crippen LogP contribution in [0.5, 0.6) is 0 Å². The second kappa shape index (κ2) is 5.41. The van der Waals surface area contributed by atoms with Gasteiger partial charge in [-0.15, -0.1) is 0 Å². The third-order valence-corrected chi connectivity index (χ3v) is 1.67. The molecule has 0 atom stereocenters. The molecule has 0 amide bonds. The van der Waals surface area contributed by atoms with Gasteiger partial charge in [0.1, 0.15) is 18.2 Å². The molecule has 0 saturated heterocycles. The van der Waals surface area contributed by atoms with Crippen molar-refractivity contribution in [3.05, 3.63) is 35.4 Å². The molecular weight excluding hydrogens is 206 g/mol. The van der Waals surface area contributed by atoms with E-state index < -0.39 is 17.6 Å². The Kier molecular flexibility index (Phi) is 4.17. The topological polar surface area (TPSA) is 35.5 Å². The molecule has 0 bridgehead atoms. The summed E-state index contributed by atoms with van der Waals surface area (Å²) in [5.74, 6) is -2.50. The second-order valence-corrected chi connectivity index (χ2v) is 2.75. The SMILES string of the molecule is COCCOC(=O)c1ccc(F)cc1F. The van der Waals surface area contributed by atoms with Crippen LogP contribution in [0.2, 0.25) is 0 Å². The minimum absolute atomic E-state index is 0.0339. The summed E-state index contributed by atoms with van der Waals surface area (Å²) in [7, 11) is 1.45. The average molecular weight is 216 g/mol. The number of carbonyl (C=O) groups is 1. The molecule has 1 aromatic rings.